The Balaban J connectivity index is 1.99. The van der Waals surface area contributed by atoms with Crippen LogP contribution in [-0.4, -0.2) is 40.8 Å². The van der Waals surface area contributed by atoms with Crippen molar-refractivity contribution >= 4 is 28.4 Å². The summed E-state index contributed by atoms with van der Waals surface area (Å²) in [6, 6.07) is 1.31. The van der Waals surface area contributed by atoms with Gasteiger partial charge in [0.25, 0.3) is 0 Å². The molecule has 2 heterocycles. The van der Waals surface area contributed by atoms with Gasteiger partial charge in [0, 0.05) is 30.2 Å². The van der Waals surface area contributed by atoms with E-state index in [4.69, 9.17) is 5.73 Å². The Morgan fingerprint density at radius 1 is 1.50 bits per heavy atom. The average Bonchev–Trinajstić information content (AvgIpc) is 3.16. The zero-order chi connectivity index (χ0) is 19.0. The Kier molecular flexibility index (Phi) is 4.71. The molecule has 1 aliphatic rings. The number of primary amides is 1. The molecule has 2 amide bonds. The van der Waals surface area contributed by atoms with Crippen LogP contribution >= 0.6 is 0 Å². The first-order valence-electron chi connectivity index (χ1n) is 8.58. The molecule has 7 heteroatoms. The number of hydrogen-bond donors (Lipinski definition) is 3. The van der Waals surface area contributed by atoms with E-state index in [1.165, 1.54) is 12.1 Å². The largest absolute Gasteiger partial charge is 0.378 e. The van der Waals surface area contributed by atoms with E-state index in [2.05, 4.69) is 16.9 Å². The number of rotatable bonds is 5. The van der Waals surface area contributed by atoms with Gasteiger partial charge in [0.05, 0.1) is 17.6 Å². The number of carbonyl (C=O) groups excluding carboxylic acids is 2. The molecule has 138 valence electrons. The summed E-state index contributed by atoms with van der Waals surface area (Å²) < 4.78 is 14.9. The van der Waals surface area contributed by atoms with Gasteiger partial charge in [-0.15, -0.1) is 0 Å². The van der Waals surface area contributed by atoms with Crippen LogP contribution in [0.3, 0.4) is 0 Å². The van der Waals surface area contributed by atoms with Crippen molar-refractivity contribution in [1.29, 1.82) is 0 Å². The van der Waals surface area contributed by atoms with Crippen molar-refractivity contribution in [1.82, 2.24) is 9.88 Å². The number of fused-ring (bicyclic) bond motifs is 1. The number of amides is 2. The number of aryl methyl sites for hydroxylation is 2. The number of nitrogens with one attached hydrogen (secondary N) is 2. The molecular formula is C19H23FN4O2. The second kappa shape index (κ2) is 6.82. The lowest BCUT2D eigenvalue weighted by Crippen LogP contribution is -2.30. The molecule has 1 atom stereocenters. The summed E-state index contributed by atoms with van der Waals surface area (Å²) in [5.74, 6) is -1.06. The third kappa shape index (κ3) is 3.16. The van der Waals surface area contributed by atoms with Crippen LogP contribution in [0.1, 0.15) is 23.2 Å². The maximum absolute atomic E-state index is 14.9. The molecular weight excluding hydrogens is 335 g/mol. The first-order valence-corrected chi connectivity index (χ1v) is 8.58. The average molecular weight is 358 g/mol. The van der Waals surface area contributed by atoms with Crippen LogP contribution in [0.4, 0.5) is 10.1 Å². The monoisotopic (exact) mass is 358 g/mol. The number of hydrogen-bond acceptors (Lipinski definition) is 3. The predicted molar refractivity (Wildman–Crippen MR) is 99.4 cm³/mol. The fourth-order valence-corrected chi connectivity index (χ4v) is 3.57. The quantitative estimate of drug-likeness (QED) is 0.715. The van der Waals surface area contributed by atoms with Gasteiger partial charge in [-0.2, -0.15) is 0 Å². The topological polar surface area (TPSA) is 91.2 Å². The Labute approximate surface area is 151 Å². The van der Waals surface area contributed by atoms with Gasteiger partial charge < -0.3 is 20.9 Å². The lowest BCUT2D eigenvalue weighted by Gasteiger charge is -2.18. The lowest BCUT2D eigenvalue weighted by molar-refractivity contribution is -0.125. The number of carbonyl (C=O) groups is 2. The molecule has 1 aliphatic heterocycles. The summed E-state index contributed by atoms with van der Waals surface area (Å²) >= 11 is 0. The number of nitrogens with two attached hydrogens (primary N) is 1. The molecule has 0 bridgehead atoms. The van der Waals surface area contributed by atoms with E-state index in [9.17, 15) is 14.0 Å². The number of nitrogens with zero attached hydrogens (tertiary/aromatic N) is 1. The number of H-pyrrole nitrogens is 1. The van der Waals surface area contributed by atoms with E-state index in [0.29, 0.717) is 24.3 Å². The fourth-order valence-electron chi connectivity index (χ4n) is 3.57. The third-order valence-corrected chi connectivity index (χ3v) is 5.00. The van der Waals surface area contributed by atoms with E-state index in [1.807, 2.05) is 13.8 Å². The van der Waals surface area contributed by atoms with Crippen LogP contribution in [0.2, 0.25) is 0 Å². The predicted octanol–water partition coefficient (Wildman–Crippen LogP) is 2.15. The highest BCUT2D eigenvalue weighted by atomic mass is 19.1. The van der Waals surface area contributed by atoms with Crippen molar-refractivity contribution < 1.29 is 14.0 Å². The van der Waals surface area contributed by atoms with Crippen LogP contribution in [0.25, 0.3) is 10.9 Å². The summed E-state index contributed by atoms with van der Waals surface area (Å²) in [4.78, 5) is 28.0. The fraction of sp³-hybridized carbons (Fsp3) is 0.368. The third-order valence-electron chi connectivity index (χ3n) is 5.00. The number of aromatic nitrogens is 1. The van der Waals surface area contributed by atoms with Crippen LogP contribution < -0.4 is 11.1 Å². The van der Waals surface area contributed by atoms with Crippen LogP contribution in [0.5, 0.6) is 0 Å². The zero-order valence-corrected chi connectivity index (χ0v) is 15.0. The normalized spacial score (nSPS) is 16.9. The molecule has 6 nitrogen and oxygen atoms in total. The molecule has 0 unspecified atom stereocenters. The van der Waals surface area contributed by atoms with Crippen molar-refractivity contribution in [3.8, 4) is 0 Å². The summed E-state index contributed by atoms with van der Waals surface area (Å²) in [6.07, 6.45) is 1.99. The van der Waals surface area contributed by atoms with Crippen molar-refractivity contribution in [2.75, 3.05) is 18.4 Å². The van der Waals surface area contributed by atoms with Crippen LogP contribution in [-0.2, 0) is 16.0 Å². The molecule has 4 N–H and O–H groups in total. The smallest absolute Gasteiger partial charge is 0.246 e. The molecule has 1 saturated heterocycles. The van der Waals surface area contributed by atoms with Crippen LogP contribution in [0.15, 0.2) is 18.7 Å². The maximum Gasteiger partial charge on any atom is 0.246 e. The first kappa shape index (κ1) is 18.0. The van der Waals surface area contributed by atoms with Crippen molar-refractivity contribution in [2.24, 2.45) is 5.73 Å². The molecule has 0 radical (unpaired) electrons. The summed E-state index contributed by atoms with van der Waals surface area (Å²) in [6.45, 7) is 8.43. The molecule has 2 aromatic rings. The van der Waals surface area contributed by atoms with Gasteiger partial charge >= 0.3 is 0 Å². The first-order chi connectivity index (χ1) is 12.3. The molecule has 1 aromatic heterocycles. The molecule has 1 fully saturated rings. The molecule has 0 aliphatic carbocycles. The minimum Gasteiger partial charge on any atom is -0.378 e. The summed E-state index contributed by atoms with van der Waals surface area (Å²) in [7, 11) is 0. The number of benzene rings is 1. The lowest BCUT2D eigenvalue weighted by atomic mass is 10.0. The summed E-state index contributed by atoms with van der Waals surface area (Å²) in [5.41, 5.74) is 8.79. The van der Waals surface area contributed by atoms with Gasteiger partial charge in [0.15, 0.2) is 0 Å². The standard InChI is InChI=1S/C19H23FN4O2/c1-4-16(26)24-6-5-13(9-24)23-19-14(20)7-12(8-15(21)25)18-17(19)10(2)11(3)22-18/h4,7,13,22-23H,1,5-6,8-9H2,2-3H3,(H2,21,25)/t13-/m0/s1. The van der Waals surface area contributed by atoms with E-state index in [1.54, 1.807) is 4.90 Å². The Bertz CT molecular complexity index is 903. The van der Waals surface area contributed by atoms with E-state index < -0.39 is 11.7 Å². The minimum absolute atomic E-state index is 0.0296. The number of aromatic amines is 1. The molecule has 3 rings (SSSR count). The van der Waals surface area contributed by atoms with Gasteiger partial charge in [-0.1, -0.05) is 6.58 Å². The van der Waals surface area contributed by atoms with Crippen molar-refractivity contribution in [2.45, 2.75) is 32.7 Å². The maximum atomic E-state index is 14.9. The molecule has 1 aromatic carbocycles. The zero-order valence-electron chi connectivity index (χ0n) is 15.0. The number of halogens is 1. The number of likely N-dealkylation sites (tertiary alicyclic amines) is 1. The van der Waals surface area contributed by atoms with Gasteiger partial charge in [-0.25, -0.2) is 4.39 Å². The molecule has 26 heavy (non-hydrogen) atoms. The highest BCUT2D eigenvalue weighted by molar-refractivity contribution is 5.99. The van der Waals surface area contributed by atoms with Gasteiger partial charge in [0.1, 0.15) is 5.82 Å². The molecule has 0 saturated carbocycles. The molecule has 0 spiro atoms. The number of anilines is 1. The van der Waals surface area contributed by atoms with Crippen molar-refractivity contribution in [3.63, 3.8) is 0 Å². The van der Waals surface area contributed by atoms with Gasteiger partial charge in [-0.3, -0.25) is 9.59 Å². The highest BCUT2D eigenvalue weighted by Crippen LogP contribution is 2.35. The summed E-state index contributed by atoms with van der Waals surface area (Å²) in [5, 5.41) is 3.99. The minimum atomic E-state index is -0.509. The Hall–Kier alpha value is -2.83. The highest BCUT2D eigenvalue weighted by Gasteiger charge is 2.27. The Morgan fingerprint density at radius 3 is 2.88 bits per heavy atom. The van der Waals surface area contributed by atoms with Crippen molar-refractivity contribution in [3.05, 3.63) is 41.4 Å². The van der Waals surface area contributed by atoms with Gasteiger partial charge in [-0.05, 0) is 43.5 Å². The van der Waals surface area contributed by atoms with Crippen LogP contribution in [0, 0.1) is 19.7 Å². The van der Waals surface area contributed by atoms with E-state index >= 15 is 0 Å². The second-order valence-electron chi connectivity index (χ2n) is 6.78. The SMILES string of the molecule is C=CC(=O)N1CC[C@H](Nc2c(F)cc(CC(N)=O)c3[nH]c(C)c(C)c23)C1. The second-order valence-corrected chi connectivity index (χ2v) is 6.78. The van der Waals surface area contributed by atoms with E-state index in [0.717, 1.165) is 28.6 Å². The van der Waals surface area contributed by atoms with Gasteiger partial charge in [0.2, 0.25) is 11.8 Å². The Morgan fingerprint density at radius 2 is 2.23 bits per heavy atom. The van der Waals surface area contributed by atoms with E-state index in [-0.39, 0.29) is 18.4 Å².